The van der Waals surface area contributed by atoms with Crippen LogP contribution in [0.5, 0.6) is 0 Å². The van der Waals surface area contributed by atoms with Crippen LogP contribution in [0.3, 0.4) is 0 Å². The normalized spacial score (nSPS) is 10.4. The van der Waals surface area contributed by atoms with Gasteiger partial charge in [0.05, 0.1) is 28.1 Å². The highest BCUT2D eigenvalue weighted by Crippen LogP contribution is 2.27. The Labute approximate surface area is 120 Å². The Morgan fingerprint density at radius 3 is 2.55 bits per heavy atom. The zero-order chi connectivity index (χ0) is 13.9. The molecule has 0 aliphatic carbocycles. The molecule has 5 heteroatoms. The van der Waals surface area contributed by atoms with Gasteiger partial charge in [0.25, 0.3) is 0 Å². The molecule has 3 rings (SSSR count). The van der Waals surface area contributed by atoms with Gasteiger partial charge in [-0.15, -0.1) is 0 Å². The highest BCUT2D eigenvalue weighted by Gasteiger charge is 2.04. The van der Waals surface area contributed by atoms with E-state index in [1.54, 1.807) is 12.1 Å². The minimum atomic E-state index is -0.520. The number of para-hydroxylation sites is 2. The summed E-state index contributed by atoms with van der Waals surface area (Å²) in [5.74, 6) is 0. The molecule has 1 N–H and O–H groups in total. The Morgan fingerprint density at radius 2 is 1.70 bits per heavy atom. The van der Waals surface area contributed by atoms with Gasteiger partial charge in [-0.2, -0.15) is 9.97 Å². The van der Waals surface area contributed by atoms with Crippen LogP contribution in [0.15, 0.2) is 59.5 Å². The summed E-state index contributed by atoms with van der Waals surface area (Å²) in [6.07, 6.45) is 1.47. The second-order valence-electron chi connectivity index (χ2n) is 4.19. The molecule has 0 spiro atoms. The number of halogens is 1. The summed E-state index contributed by atoms with van der Waals surface area (Å²) in [5.41, 5.74) is 1.50. The van der Waals surface area contributed by atoms with Crippen molar-refractivity contribution >= 4 is 33.9 Å². The summed E-state index contributed by atoms with van der Waals surface area (Å²) < 4.78 is 0. The molecule has 0 saturated carbocycles. The van der Waals surface area contributed by atoms with Gasteiger partial charge < -0.3 is 5.32 Å². The highest BCUT2D eigenvalue weighted by atomic mass is 35.5. The van der Waals surface area contributed by atoms with Crippen molar-refractivity contribution in [3.63, 3.8) is 0 Å². The molecule has 0 bridgehead atoms. The zero-order valence-corrected chi connectivity index (χ0v) is 11.1. The second-order valence-corrected chi connectivity index (χ2v) is 4.60. The van der Waals surface area contributed by atoms with Gasteiger partial charge in [0.2, 0.25) is 0 Å². The summed E-state index contributed by atoms with van der Waals surface area (Å²) in [7, 11) is 0. The third-order valence-electron chi connectivity index (χ3n) is 2.86. The van der Waals surface area contributed by atoms with Gasteiger partial charge in [0.15, 0.2) is 0 Å². The second kappa shape index (κ2) is 5.27. The van der Waals surface area contributed by atoms with Gasteiger partial charge in [0.1, 0.15) is 0 Å². The fourth-order valence-corrected chi connectivity index (χ4v) is 2.11. The van der Waals surface area contributed by atoms with Crippen LogP contribution in [0.25, 0.3) is 10.9 Å². The molecule has 98 valence electrons. The molecule has 20 heavy (non-hydrogen) atoms. The molecule has 1 heterocycles. The minimum absolute atomic E-state index is 0.520. The molecule has 0 aliphatic rings. The molecule has 2 aromatic carbocycles. The van der Waals surface area contributed by atoms with Crippen LogP contribution in [0.1, 0.15) is 0 Å². The van der Waals surface area contributed by atoms with E-state index in [0.717, 1.165) is 11.1 Å². The van der Waals surface area contributed by atoms with Crippen molar-refractivity contribution in [2.75, 3.05) is 5.32 Å². The number of anilines is 2. The van der Waals surface area contributed by atoms with Crippen LogP contribution in [0.4, 0.5) is 11.4 Å². The third-order valence-corrected chi connectivity index (χ3v) is 3.19. The number of nitrogens with zero attached hydrogens (tertiary/aromatic N) is 2. The SMILES string of the molecule is O=c1ncc(Nc2ccccc2Cl)c2ccccc2n1. The fourth-order valence-electron chi connectivity index (χ4n) is 1.93. The average molecular weight is 284 g/mol. The summed E-state index contributed by atoms with van der Waals surface area (Å²) in [6.45, 7) is 0. The van der Waals surface area contributed by atoms with Crippen molar-refractivity contribution in [2.24, 2.45) is 0 Å². The molecular formula is C15H10ClN3O. The van der Waals surface area contributed by atoms with Crippen LogP contribution < -0.4 is 11.0 Å². The van der Waals surface area contributed by atoms with Gasteiger partial charge in [-0.25, -0.2) is 4.79 Å². The standard InChI is InChI=1S/C15H10ClN3O/c16-11-6-2-4-8-13(11)18-14-9-17-15(20)19-12-7-3-1-5-10(12)14/h1-9,18H. The van der Waals surface area contributed by atoms with Crippen LogP contribution in [-0.2, 0) is 0 Å². The van der Waals surface area contributed by atoms with Crippen molar-refractivity contribution in [1.82, 2.24) is 9.97 Å². The summed E-state index contributed by atoms with van der Waals surface area (Å²) in [5, 5.41) is 4.59. The molecule has 4 nitrogen and oxygen atoms in total. The first-order chi connectivity index (χ1) is 9.74. The van der Waals surface area contributed by atoms with Gasteiger partial charge in [-0.1, -0.05) is 41.9 Å². The first-order valence-electron chi connectivity index (χ1n) is 6.02. The molecule has 0 unspecified atom stereocenters. The van der Waals surface area contributed by atoms with Gasteiger partial charge in [0, 0.05) is 5.39 Å². The maximum atomic E-state index is 11.5. The van der Waals surface area contributed by atoms with Crippen molar-refractivity contribution in [2.45, 2.75) is 0 Å². The van der Waals surface area contributed by atoms with Gasteiger partial charge >= 0.3 is 5.69 Å². The summed E-state index contributed by atoms with van der Waals surface area (Å²) in [4.78, 5) is 19.2. The molecule has 0 saturated heterocycles. The number of nitrogens with one attached hydrogen (secondary N) is 1. The van der Waals surface area contributed by atoms with Gasteiger partial charge in [-0.3, -0.25) is 0 Å². The topological polar surface area (TPSA) is 54.9 Å². The van der Waals surface area contributed by atoms with E-state index < -0.39 is 5.69 Å². The number of hydrogen-bond donors (Lipinski definition) is 1. The maximum Gasteiger partial charge on any atom is 0.367 e. The Hall–Kier alpha value is -2.46. The molecule has 0 radical (unpaired) electrons. The Balaban J connectivity index is 2.20. The zero-order valence-electron chi connectivity index (χ0n) is 10.4. The monoisotopic (exact) mass is 283 g/mol. The molecule has 0 fully saturated rings. The van der Waals surface area contributed by atoms with Crippen LogP contribution in [0.2, 0.25) is 5.02 Å². The Kier molecular flexibility index (Phi) is 3.31. The molecule has 0 atom stereocenters. The first kappa shape index (κ1) is 12.6. The van der Waals surface area contributed by atoms with E-state index in [2.05, 4.69) is 15.3 Å². The predicted octanol–water partition coefficient (Wildman–Crippen LogP) is 3.39. The maximum absolute atomic E-state index is 11.5. The number of hydrogen-bond acceptors (Lipinski definition) is 4. The molecule has 3 aromatic rings. The lowest BCUT2D eigenvalue weighted by molar-refractivity contribution is 1.14. The molecule has 1 aromatic heterocycles. The van der Waals surface area contributed by atoms with E-state index in [9.17, 15) is 4.79 Å². The summed E-state index contributed by atoms with van der Waals surface area (Å²) >= 11 is 6.13. The van der Waals surface area contributed by atoms with Gasteiger partial charge in [-0.05, 0) is 18.2 Å². The first-order valence-corrected chi connectivity index (χ1v) is 6.39. The fraction of sp³-hybridized carbons (Fsp3) is 0. The van der Waals surface area contributed by atoms with Crippen molar-refractivity contribution in [1.29, 1.82) is 0 Å². The number of rotatable bonds is 2. The Morgan fingerprint density at radius 1 is 0.950 bits per heavy atom. The predicted molar refractivity (Wildman–Crippen MR) is 80.5 cm³/mol. The van der Waals surface area contributed by atoms with E-state index in [1.807, 2.05) is 36.4 Å². The lowest BCUT2D eigenvalue weighted by Gasteiger charge is -2.08. The van der Waals surface area contributed by atoms with E-state index in [4.69, 9.17) is 11.6 Å². The Bertz CT molecular complexity index is 836. The highest BCUT2D eigenvalue weighted by molar-refractivity contribution is 6.33. The largest absolute Gasteiger partial charge is 0.367 e. The number of benzene rings is 2. The molecule has 0 amide bonds. The molecular weight excluding hydrogens is 274 g/mol. The average Bonchev–Trinajstić information content (AvgIpc) is 2.61. The van der Waals surface area contributed by atoms with E-state index in [1.165, 1.54) is 6.20 Å². The van der Waals surface area contributed by atoms with Crippen LogP contribution in [-0.4, -0.2) is 9.97 Å². The number of aromatic nitrogens is 2. The molecule has 0 aliphatic heterocycles. The van der Waals surface area contributed by atoms with Crippen molar-refractivity contribution < 1.29 is 0 Å². The van der Waals surface area contributed by atoms with Crippen molar-refractivity contribution in [3.8, 4) is 0 Å². The van der Waals surface area contributed by atoms with E-state index in [-0.39, 0.29) is 0 Å². The smallest absolute Gasteiger partial charge is 0.352 e. The van der Waals surface area contributed by atoms with E-state index >= 15 is 0 Å². The van der Waals surface area contributed by atoms with Crippen LogP contribution >= 0.6 is 11.6 Å². The quantitative estimate of drug-likeness (QED) is 0.783. The van der Waals surface area contributed by atoms with Crippen LogP contribution in [0, 0.1) is 0 Å². The van der Waals surface area contributed by atoms with E-state index in [0.29, 0.717) is 16.2 Å². The third kappa shape index (κ3) is 2.46. The number of fused-ring (bicyclic) bond motifs is 1. The lowest BCUT2D eigenvalue weighted by atomic mass is 10.2. The van der Waals surface area contributed by atoms with Crippen molar-refractivity contribution in [3.05, 3.63) is 70.2 Å². The lowest BCUT2D eigenvalue weighted by Crippen LogP contribution is -2.04. The minimum Gasteiger partial charge on any atom is -0.352 e. The summed E-state index contributed by atoms with van der Waals surface area (Å²) in [6, 6.07) is 14.7.